The van der Waals surface area contributed by atoms with Crippen LogP contribution in [0.5, 0.6) is 5.75 Å². The Bertz CT molecular complexity index is 506. The van der Waals surface area contributed by atoms with Gasteiger partial charge < -0.3 is 15.0 Å². The zero-order chi connectivity index (χ0) is 14.9. The average molecular weight is 276 g/mol. The fraction of sp³-hybridized carbons (Fsp3) is 0.562. The molecular formula is C16H24N2O2. The van der Waals surface area contributed by atoms with Crippen LogP contribution in [0.2, 0.25) is 0 Å². The second-order valence-electron chi connectivity index (χ2n) is 6.42. The summed E-state index contributed by atoms with van der Waals surface area (Å²) in [5, 5.41) is 3.26. The van der Waals surface area contributed by atoms with E-state index >= 15 is 0 Å². The molecule has 4 nitrogen and oxygen atoms in total. The second kappa shape index (κ2) is 5.35. The number of nitrogens with zero attached hydrogens (tertiary/aromatic N) is 1. The van der Waals surface area contributed by atoms with Crippen LogP contribution in [0.3, 0.4) is 0 Å². The molecule has 1 unspecified atom stereocenters. The van der Waals surface area contributed by atoms with E-state index in [-0.39, 0.29) is 17.4 Å². The van der Waals surface area contributed by atoms with Crippen molar-refractivity contribution in [1.82, 2.24) is 4.90 Å². The monoisotopic (exact) mass is 276 g/mol. The number of hydrogen-bond acceptors (Lipinski definition) is 3. The van der Waals surface area contributed by atoms with Gasteiger partial charge in [0.05, 0.1) is 11.3 Å². The highest BCUT2D eigenvalue weighted by molar-refractivity contribution is 5.99. The molecule has 1 heterocycles. The molecule has 0 radical (unpaired) electrons. The first-order chi connectivity index (χ1) is 9.32. The number of ether oxygens (including phenoxy) is 1. The highest BCUT2D eigenvalue weighted by Crippen LogP contribution is 2.33. The van der Waals surface area contributed by atoms with Gasteiger partial charge in [-0.05, 0) is 24.5 Å². The molecule has 4 heteroatoms. The number of anilines is 1. The fourth-order valence-corrected chi connectivity index (χ4v) is 2.29. The lowest BCUT2D eigenvalue weighted by atomic mass is 9.87. The number of hydrogen-bond donors (Lipinski definition) is 1. The zero-order valence-corrected chi connectivity index (χ0v) is 13.0. The van der Waals surface area contributed by atoms with E-state index in [0.717, 1.165) is 12.2 Å². The SMILES string of the molecule is CC(N(C)C(=O)c1cccc2c1OCCN2)C(C)(C)C. The van der Waals surface area contributed by atoms with Crippen molar-refractivity contribution in [2.75, 3.05) is 25.5 Å². The maximum Gasteiger partial charge on any atom is 0.257 e. The molecule has 1 aliphatic rings. The molecular weight excluding hydrogens is 252 g/mol. The Kier molecular flexibility index (Phi) is 3.93. The third kappa shape index (κ3) is 2.74. The Labute approximate surface area is 121 Å². The Balaban J connectivity index is 2.30. The summed E-state index contributed by atoms with van der Waals surface area (Å²) in [4.78, 5) is 14.5. The van der Waals surface area contributed by atoms with E-state index in [9.17, 15) is 4.79 Å². The Hall–Kier alpha value is -1.71. The summed E-state index contributed by atoms with van der Waals surface area (Å²) >= 11 is 0. The maximum absolute atomic E-state index is 12.7. The summed E-state index contributed by atoms with van der Waals surface area (Å²) in [6, 6.07) is 5.81. The number of carbonyl (C=O) groups excluding carboxylic acids is 1. The minimum absolute atomic E-state index is 0.00738. The molecule has 0 bridgehead atoms. The Morgan fingerprint density at radius 3 is 2.75 bits per heavy atom. The van der Waals surface area contributed by atoms with E-state index in [2.05, 4.69) is 33.0 Å². The summed E-state index contributed by atoms with van der Waals surface area (Å²) in [6.45, 7) is 9.86. The predicted molar refractivity (Wildman–Crippen MR) is 81.4 cm³/mol. The molecule has 0 fully saturated rings. The van der Waals surface area contributed by atoms with Crippen molar-refractivity contribution in [3.8, 4) is 5.75 Å². The Morgan fingerprint density at radius 1 is 1.40 bits per heavy atom. The van der Waals surface area contributed by atoms with Crippen molar-refractivity contribution in [3.05, 3.63) is 23.8 Å². The van der Waals surface area contributed by atoms with Crippen LogP contribution in [0.4, 0.5) is 5.69 Å². The third-order valence-electron chi connectivity index (χ3n) is 4.06. The van der Waals surface area contributed by atoms with Crippen LogP contribution in [0.25, 0.3) is 0 Å². The number of benzene rings is 1. The highest BCUT2D eigenvalue weighted by atomic mass is 16.5. The van der Waals surface area contributed by atoms with Gasteiger partial charge in [0.2, 0.25) is 0 Å². The van der Waals surface area contributed by atoms with Gasteiger partial charge in [0.15, 0.2) is 5.75 Å². The van der Waals surface area contributed by atoms with Crippen LogP contribution in [0, 0.1) is 5.41 Å². The van der Waals surface area contributed by atoms with Gasteiger partial charge in [-0.1, -0.05) is 26.8 Å². The van der Waals surface area contributed by atoms with Crippen molar-refractivity contribution >= 4 is 11.6 Å². The van der Waals surface area contributed by atoms with Crippen LogP contribution in [0.1, 0.15) is 38.1 Å². The van der Waals surface area contributed by atoms with E-state index in [0.29, 0.717) is 17.9 Å². The minimum atomic E-state index is 0.00738. The van der Waals surface area contributed by atoms with Crippen LogP contribution in [0.15, 0.2) is 18.2 Å². The van der Waals surface area contributed by atoms with Crippen molar-refractivity contribution in [2.24, 2.45) is 5.41 Å². The molecule has 20 heavy (non-hydrogen) atoms. The van der Waals surface area contributed by atoms with Gasteiger partial charge in [-0.2, -0.15) is 0 Å². The lowest BCUT2D eigenvalue weighted by Gasteiger charge is -2.36. The lowest BCUT2D eigenvalue weighted by Crippen LogP contribution is -2.43. The summed E-state index contributed by atoms with van der Waals surface area (Å²) in [7, 11) is 1.86. The van der Waals surface area contributed by atoms with E-state index in [4.69, 9.17) is 4.74 Å². The van der Waals surface area contributed by atoms with E-state index < -0.39 is 0 Å². The lowest BCUT2D eigenvalue weighted by molar-refractivity contribution is 0.0625. The van der Waals surface area contributed by atoms with E-state index in [1.54, 1.807) is 4.90 Å². The number of nitrogens with one attached hydrogen (secondary N) is 1. The van der Waals surface area contributed by atoms with Gasteiger partial charge in [0.25, 0.3) is 5.91 Å². The number of fused-ring (bicyclic) bond motifs is 1. The number of amides is 1. The molecule has 0 aromatic heterocycles. The van der Waals surface area contributed by atoms with Crippen molar-refractivity contribution in [3.63, 3.8) is 0 Å². The van der Waals surface area contributed by atoms with E-state index in [1.807, 2.05) is 25.2 Å². The molecule has 1 atom stereocenters. The molecule has 1 N–H and O–H groups in total. The molecule has 110 valence electrons. The standard InChI is InChI=1S/C16H24N2O2/c1-11(16(2,3)4)18(5)15(19)12-7-6-8-13-14(12)20-10-9-17-13/h6-8,11,17H,9-10H2,1-5H3. The molecule has 2 rings (SSSR count). The number of rotatable bonds is 2. The quantitative estimate of drug-likeness (QED) is 0.903. The van der Waals surface area contributed by atoms with Crippen molar-refractivity contribution in [1.29, 1.82) is 0 Å². The van der Waals surface area contributed by atoms with Crippen molar-refractivity contribution in [2.45, 2.75) is 33.7 Å². The van der Waals surface area contributed by atoms with Crippen LogP contribution >= 0.6 is 0 Å². The number of para-hydroxylation sites is 1. The normalized spacial score (nSPS) is 15.7. The maximum atomic E-state index is 12.7. The summed E-state index contributed by atoms with van der Waals surface area (Å²) in [5.74, 6) is 0.685. The Morgan fingerprint density at radius 2 is 2.10 bits per heavy atom. The molecule has 1 aliphatic heterocycles. The summed E-state index contributed by atoms with van der Waals surface area (Å²) < 4.78 is 5.68. The molecule has 0 saturated carbocycles. The van der Waals surface area contributed by atoms with Crippen LogP contribution < -0.4 is 10.1 Å². The third-order valence-corrected chi connectivity index (χ3v) is 4.06. The van der Waals surface area contributed by atoms with Gasteiger partial charge in [-0.15, -0.1) is 0 Å². The van der Waals surface area contributed by atoms with Gasteiger partial charge in [0.1, 0.15) is 6.61 Å². The smallest absolute Gasteiger partial charge is 0.257 e. The molecule has 1 aromatic carbocycles. The van der Waals surface area contributed by atoms with Crippen LogP contribution in [-0.4, -0.2) is 37.0 Å². The van der Waals surface area contributed by atoms with Crippen LogP contribution in [-0.2, 0) is 0 Å². The van der Waals surface area contributed by atoms with Gasteiger partial charge >= 0.3 is 0 Å². The molecule has 0 spiro atoms. The van der Waals surface area contributed by atoms with Gasteiger partial charge in [-0.25, -0.2) is 0 Å². The highest BCUT2D eigenvalue weighted by Gasteiger charge is 2.29. The predicted octanol–water partition coefficient (Wildman–Crippen LogP) is 3.00. The summed E-state index contributed by atoms with van der Waals surface area (Å²) in [5.41, 5.74) is 1.57. The largest absolute Gasteiger partial charge is 0.489 e. The first kappa shape index (κ1) is 14.7. The topological polar surface area (TPSA) is 41.6 Å². The van der Waals surface area contributed by atoms with E-state index in [1.165, 1.54) is 0 Å². The van der Waals surface area contributed by atoms with Gasteiger partial charge in [0, 0.05) is 19.6 Å². The first-order valence-corrected chi connectivity index (χ1v) is 7.09. The number of carbonyl (C=O) groups is 1. The minimum Gasteiger partial charge on any atom is -0.489 e. The van der Waals surface area contributed by atoms with Crippen molar-refractivity contribution < 1.29 is 9.53 Å². The molecule has 0 aliphatic carbocycles. The second-order valence-corrected chi connectivity index (χ2v) is 6.42. The summed E-state index contributed by atoms with van der Waals surface area (Å²) in [6.07, 6.45) is 0. The molecule has 1 amide bonds. The molecule has 0 saturated heterocycles. The average Bonchev–Trinajstić information content (AvgIpc) is 2.43. The molecule has 1 aromatic rings. The fourth-order valence-electron chi connectivity index (χ4n) is 2.29. The van der Waals surface area contributed by atoms with Gasteiger partial charge in [-0.3, -0.25) is 4.79 Å². The first-order valence-electron chi connectivity index (χ1n) is 7.09. The zero-order valence-electron chi connectivity index (χ0n) is 13.0.